The standard InChI is InChI=1S/C18H24FN5O6.C16H18F3N5O6.C14H20FN5O5.C14H20FN5O4.C13H16F3N5O3/c1-4-5-6-23-11-7-21-17(20)22-15(11)24(18(23)27)16-14(29-10(3)26)13(19)12(30-16)8-28-9(2)25;1-7(25)28-5-9-3-11(29-8(2)26)13(30-9)24-12-10(4-21-14(20)22-12)23(15(24)27)6-16(17,18)19;1-2-3-4-19-8-10(17-13(16)18-11(8)23)20(14(19)24)12-9(22)7(15)6(5-21)25-12;1-2-3-4-19-7-5-17-13(16)18-11(7)20(14(19)23)12-10(22)9(15)8(6-21)24-12;1-6-2-7(4-22)24-10(6)21-9-8(3-18-11(17)19-9)20(12(21)23)5-13(14,15)16/h7,12-14,16H,4-6,8H2,1-3H3,(H2,20,21,22);4,9,11,13H,3,5-6H2,1-2H3,(H2,20,21,22);6-7,9,12,21-22H,2-5H2,1H3,(H3,16,17,18,23);5,8-10,12,21-22H,2-4,6H2,1H3,(H2,16,17,18);3,6-7,10,22H,2,4-5H2,1H3,(H2,17,18,19)/t12-,13-,14-,16-;9-,11+,13+;6-,7-,9-,12-;8-,9-,10-,12-;6-,7+,10-/m10111/s1. The second-order valence-corrected chi connectivity index (χ2v) is 31.2. The monoisotopic (exact) mass is 1900 g/mol. The first-order chi connectivity index (χ1) is 62.8. The summed E-state index contributed by atoms with van der Waals surface area (Å²) in [6, 6.07) is 0. The Labute approximate surface area is 741 Å². The summed E-state index contributed by atoms with van der Waals surface area (Å²) in [5, 5.41) is 47.7. The first kappa shape index (κ1) is 101. The first-order valence-electron chi connectivity index (χ1n) is 41.4. The summed E-state index contributed by atoms with van der Waals surface area (Å²) in [6.45, 7) is 8.19. The van der Waals surface area contributed by atoms with Gasteiger partial charge in [0.05, 0.1) is 56.8 Å². The molecule has 0 bridgehead atoms. The van der Waals surface area contributed by atoms with E-state index in [4.69, 9.17) is 81.5 Å². The number of nitrogens with zero attached hydrogens (tertiary/aromatic N) is 19. The van der Waals surface area contributed by atoms with Gasteiger partial charge in [-0.2, -0.15) is 51.3 Å². The summed E-state index contributed by atoms with van der Waals surface area (Å²) in [7, 11) is 0. The molecule has 18 atom stereocenters. The van der Waals surface area contributed by atoms with Gasteiger partial charge in [0.25, 0.3) is 5.56 Å². The van der Waals surface area contributed by atoms with E-state index in [0.29, 0.717) is 52.5 Å². The number of aromatic nitrogens is 20. The van der Waals surface area contributed by atoms with Crippen molar-refractivity contribution in [3.8, 4) is 0 Å². The highest BCUT2D eigenvalue weighted by Gasteiger charge is 2.52. The maximum atomic E-state index is 15.0. The number of carbonyl (C=O) groups excluding carboxylic acids is 4. The Hall–Kier alpha value is -12.6. The number of hydrogen-bond donors (Lipinski definition) is 11. The number of nitrogen functional groups attached to an aromatic ring is 5. The lowest BCUT2D eigenvalue weighted by atomic mass is 10.1. The minimum absolute atomic E-state index is 0.0211. The molecule has 15 heterocycles. The molecular formula is C75H98F9N25O24. The van der Waals surface area contributed by atoms with Crippen LogP contribution in [0, 0.1) is 5.92 Å². The highest BCUT2D eigenvalue weighted by atomic mass is 19.4. The van der Waals surface area contributed by atoms with Gasteiger partial charge >= 0.3 is 64.7 Å². The smallest absolute Gasteiger partial charge is 0.406 e. The van der Waals surface area contributed by atoms with E-state index in [-0.39, 0.29) is 107 Å². The predicted molar refractivity (Wildman–Crippen MR) is 441 cm³/mol. The van der Waals surface area contributed by atoms with Crippen molar-refractivity contribution in [2.45, 2.75) is 256 Å². The summed E-state index contributed by atoms with van der Waals surface area (Å²) in [4.78, 5) is 159. The topological polar surface area (TPSA) is 666 Å². The molecule has 5 aliphatic rings. The number of ether oxygens (including phenoxy) is 9. The van der Waals surface area contributed by atoms with Gasteiger partial charge in [0, 0.05) is 59.7 Å². The second kappa shape index (κ2) is 42.1. The highest BCUT2D eigenvalue weighted by Crippen LogP contribution is 2.40. The van der Waals surface area contributed by atoms with E-state index < -0.39 is 208 Å². The van der Waals surface area contributed by atoms with Crippen LogP contribution >= 0.6 is 0 Å². The van der Waals surface area contributed by atoms with Crippen LogP contribution in [0.1, 0.15) is 138 Å². The summed E-state index contributed by atoms with van der Waals surface area (Å²) >= 11 is 0. The van der Waals surface area contributed by atoms with Crippen LogP contribution in [0.2, 0.25) is 0 Å². The lowest BCUT2D eigenvalue weighted by molar-refractivity contribution is -0.155. The Morgan fingerprint density at radius 1 is 0.451 bits per heavy atom. The van der Waals surface area contributed by atoms with E-state index in [9.17, 15) is 98.4 Å². The van der Waals surface area contributed by atoms with Crippen molar-refractivity contribution < 1.29 is 127 Å². The molecule has 0 radical (unpaired) electrons. The third-order valence-electron chi connectivity index (χ3n) is 21.4. The van der Waals surface area contributed by atoms with Crippen molar-refractivity contribution in [1.29, 1.82) is 0 Å². The zero-order chi connectivity index (χ0) is 97.6. The first-order valence-corrected chi connectivity index (χ1v) is 41.4. The molecule has 0 saturated carbocycles. The van der Waals surface area contributed by atoms with Crippen molar-refractivity contribution in [3.05, 3.63) is 87.6 Å². The number of anilines is 5. The lowest BCUT2D eigenvalue weighted by Crippen LogP contribution is -2.37. The molecule has 15 rings (SSSR count). The van der Waals surface area contributed by atoms with E-state index in [1.807, 2.05) is 20.8 Å². The molecule has 58 heteroatoms. The molecule has 730 valence electrons. The normalized spacial score (nSPS) is 24.6. The van der Waals surface area contributed by atoms with Gasteiger partial charge in [-0.25, -0.2) is 79.9 Å². The number of hydrogen-bond acceptors (Lipinski definition) is 38. The third-order valence-corrected chi connectivity index (χ3v) is 21.4. The molecular weight excluding hydrogens is 1810 g/mol. The average Bonchev–Trinajstić information content (AvgIpc) is 1.57. The van der Waals surface area contributed by atoms with E-state index in [2.05, 4.69) is 49.8 Å². The van der Waals surface area contributed by atoms with Gasteiger partial charge in [0.2, 0.25) is 29.7 Å². The second-order valence-electron chi connectivity index (χ2n) is 31.2. The van der Waals surface area contributed by atoms with Crippen LogP contribution in [0.25, 0.3) is 55.8 Å². The minimum atomic E-state index is -4.70. The Kier molecular flexibility index (Phi) is 32.0. The lowest BCUT2D eigenvalue weighted by Gasteiger charge is -2.19. The van der Waals surface area contributed by atoms with E-state index in [0.717, 1.165) is 74.8 Å². The number of carbonyl (C=O) groups is 4. The Balaban J connectivity index is 0.000000161. The number of aromatic amines is 1. The molecule has 10 aromatic heterocycles. The average molecular weight is 1900 g/mol. The van der Waals surface area contributed by atoms with Gasteiger partial charge in [0.15, 0.2) is 83.3 Å². The number of unbranched alkanes of at least 4 members (excludes halogenated alkanes) is 3. The predicted octanol–water partition coefficient (Wildman–Crippen LogP) is 0.300. The van der Waals surface area contributed by atoms with E-state index in [1.54, 1.807) is 6.92 Å². The van der Waals surface area contributed by atoms with E-state index in [1.165, 1.54) is 39.9 Å². The molecule has 5 aliphatic heterocycles. The summed E-state index contributed by atoms with van der Waals surface area (Å²) in [6.07, 6.45) is -21.7. The molecule has 5 fully saturated rings. The maximum absolute atomic E-state index is 15.0. The largest absolute Gasteiger partial charge is 0.463 e. The SMILES string of the molecule is CC(=O)OC[C@@H]1C[C@@H](OC(C)=O)[C@H](n2c(=O)n(CC(F)(F)F)c3cnc(N)nc32)O1.CCCCn1c(=O)n([C@@H]2O[C@H](CO)[C@@H](F)[C@H]2O)c2nc(N)[nH]c(=O)c21.CCCCn1c(=O)n([C@@H]2O[C@H](CO)[C@@H](F)[C@H]2O)c2nc(N)ncc21.CCCCn1c(=O)n([C@@H]2O[C@H](COC(C)=O)[C@@H](F)[C@H]2OC(C)=O)c2nc(N)ncc21.C[C@@H]1C[C@@H](CO)O[C@H]1n1c(=O)n(CC(F)(F)F)c2cnc(N)nc21. The molecule has 0 aromatic carbocycles. The number of esters is 4. The van der Waals surface area contributed by atoms with Crippen LogP contribution in [0.3, 0.4) is 0 Å². The molecule has 133 heavy (non-hydrogen) atoms. The van der Waals surface area contributed by atoms with Crippen molar-refractivity contribution >= 4 is 109 Å². The number of aliphatic hydroxyl groups is 5. The molecule has 16 N–H and O–H groups in total. The number of nitrogens with two attached hydrogens (primary N) is 5. The molecule has 0 aliphatic carbocycles. The summed E-state index contributed by atoms with van der Waals surface area (Å²) in [5.41, 5.74) is 24.1. The van der Waals surface area contributed by atoms with Gasteiger partial charge in [-0.05, 0) is 25.7 Å². The van der Waals surface area contributed by atoms with Crippen LogP contribution in [0.15, 0.2) is 53.6 Å². The molecule has 0 amide bonds. The van der Waals surface area contributed by atoms with Crippen LogP contribution in [0.4, 0.5) is 69.3 Å². The van der Waals surface area contributed by atoms with Crippen LogP contribution in [0.5, 0.6) is 0 Å². The van der Waals surface area contributed by atoms with Crippen molar-refractivity contribution in [2.24, 2.45) is 5.92 Å². The van der Waals surface area contributed by atoms with Crippen LogP contribution in [-0.4, -0.2) is 264 Å². The fourth-order valence-electron chi connectivity index (χ4n) is 15.5. The fourth-order valence-corrected chi connectivity index (χ4v) is 15.5. The number of aliphatic hydroxyl groups excluding tert-OH is 5. The maximum Gasteiger partial charge on any atom is 0.406 e. The third kappa shape index (κ3) is 22.0. The number of nitrogens with one attached hydrogen (secondary N) is 1. The van der Waals surface area contributed by atoms with Crippen LogP contribution in [-0.2, 0) is 94.5 Å². The van der Waals surface area contributed by atoms with Gasteiger partial charge in [-0.15, -0.1) is 0 Å². The quantitative estimate of drug-likeness (QED) is 0.0208. The van der Waals surface area contributed by atoms with Gasteiger partial charge in [-0.3, -0.25) is 51.8 Å². The number of halogens is 9. The summed E-state index contributed by atoms with van der Waals surface area (Å²) in [5.74, 6) is -3.63. The Morgan fingerprint density at radius 3 is 1.21 bits per heavy atom. The number of aryl methyl sites for hydroxylation is 3. The number of rotatable bonds is 25. The zero-order valence-electron chi connectivity index (χ0n) is 72.2. The van der Waals surface area contributed by atoms with Gasteiger partial charge in [0.1, 0.15) is 91.2 Å². The molecule has 49 nitrogen and oxygen atoms in total. The molecule has 5 saturated heterocycles. The minimum Gasteiger partial charge on any atom is -0.463 e. The number of alkyl halides is 9. The van der Waals surface area contributed by atoms with Crippen LogP contribution < -0.4 is 62.7 Å². The van der Waals surface area contributed by atoms with Crippen molar-refractivity contribution in [1.82, 2.24) is 95.5 Å². The number of fused-ring (bicyclic) bond motifs is 5. The fraction of sp³-hybridized carbons (Fsp3) is 0.613. The van der Waals surface area contributed by atoms with Gasteiger partial charge in [-0.1, -0.05) is 47.0 Å². The molecule has 0 spiro atoms. The highest BCUT2D eigenvalue weighted by molar-refractivity contribution is 5.76. The Bertz CT molecular complexity index is 6250. The molecule has 10 aromatic rings. The van der Waals surface area contributed by atoms with E-state index >= 15 is 4.39 Å². The van der Waals surface area contributed by atoms with Crippen molar-refractivity contribution in [3.63, 3.8) is 0 Å². The zero-order valence-corrected chi connectivity index (χ0v) is 72.2. The number of H-pyrrole nitrogens is 1. The molecule has 0 unspecified atom stereocenters. The van der Waals surface area contributed by atoms with Crippen molar-refractivity contribution in [2.75, 3.05) is 61.7 Å². The summed E-state index contributed by atoms with van der Waals surface area (Å²) < 4.78 is 178. The number of imidazole rings is 5. The van der Waals surface area contributed by atoms with Gasteiger partial charge < -0.3 is 96.8 Å². The Morgan fingerprint density at radius 2 is 0.820 bits per heavy atom.